The Morgan fingerprint density at radius 1 is 1.19 bits per heavy atom. The largest absolute Gasteiger partial charge is 0.493 e. The highest BCUT2D eigenvalue weighted by molar-refractivity contribution is 9.10. The normalized spacial score (nSPS) is 12.6. The van der Waals surface area contributed by atoms with Gasteiger partial charge < -0.3 is 14.2 Å². The molecule has 1 aromatic rings. The first-order valence-electron chi connectivity index (χ1n) is 5.77. The summed E-state index contributed by atoms with van der Waals surface area (Å²) in [4.78, 5) is 11.5. The summed E-state index contributed by atoms with van der Waals surface area (Å²) in [5, 5.41) is 0. The number of rotatable bonds is 6. The number of sulfonamides is 1. The molecule has 1 amide bonds. The maximum absolute atomic E-state index is 12.2. The molecule has 1 rings (SSSR count). The molecule has 1 N–H and O–H groups in total. The predicted octanol–water partition coefficient (Wildman–Crippen LogP) is 1.31. The number of methoxy groups -OCH3 is 3. The molecule has 1 aromatic carbocycles. The molecule has 0 fully saturated rings. The van der Waals surface area contributed by atoms with Crippen molar-refractivity contribution in [1.82, 2.24) is 4.72 Å². The molecule has 0 aliphatic carbocycles. The zero-order valence-electron chi connectivity index (χ0n) is 12.0. The van der Waals surface area contributed by atoms with E-state index in [9.17, 15) is 13.2 Å². The zero-order chi connectivity index (χ0) is 16.2. The lowest BCUT2D eigenvalue weighted by Crippen LogP contribution is -2.38. The van der Waals surface area contributed by atoms with Crippen LogP contribution in [0.2, 0.25) is 0 Å². The van der Waals surface area contributed by atoms with Crippen LogP contribution in [0.3, 0.4) is 0 Å². The van der Waals surface area contributed by atoms with Crippen LogP contribution in [0, 0.1) is 0 Å². The number of benzene rings is 1. The maximum Gasteiger partial charge on any atom is 0.265 e. The van der Waals surface area contributed by atoms with E-state index in [2.05, 4.69) is 15.9 Å². The molecule has 9 heteroatoms. The monoisotopic (exact) mass is 381 g/mol. The highest BCUT2D eigenvalue weighted by atomic mass is 79.9. The van der Waals surface area contributed by atoms with E-state index >= 15 is 0 Å². The summed E-state index contributed by atoms with van der Waals surface area (Å²) in [7, 11) is 0.0576. The molecule has 0 saturated carbocycles. The van der Waals surface area contributed by atoms with Crippen LogP contribution in [0.1, 0.15) is 6.92 Å². The van der Waals surface area contributed by atoms with E-state index in [-0.39, 0.29) is 15.1 Å². The second-order valence-electron chi connectivity index (χ2n) is 3.99. The lowest BCUT2D eigenvalue weighted by atomic mass is 10.3. The first kappa shape index (κ1) is 17.7. The fourth-order valence-electron chi connectivity index (χ4n) is 1.42. The van der Waals surface area contributed by atoms with Gasteiger partial charge in [-0.2, -0.15) is 0 Å². The number of hydrogen-bond donors (Lipinski definition) is 1. The molecule has 0 aliphatic heterocycles. The highest BCUT2D eigenvalue weighted by Crippen LogP contribution is 2.35. The van der Waals surface area contributed by atoms with E-state index in [1.165, 1.54) is 40.4 Å². The van der Waals surface area contributed by atoms with Crippen molar-refractivity contribution in [3.05, 3.63) is 16.6 Å². The zero-order valence-corrected chi connectivity index (χ0v) is 14.4. The minimum Gasteiger partial charge on any atom is -0.493 e. The van der Waals surface area contributed by atoms with Gasteiger partial charge in [-0.15, -0.1) is 0 Å². The van der Waals surface area contributed by atoms with Gasteiger partial charge in [0.1, 0.15) is 11.0 Å². The van der Waals surface area contributed by atoms with Crippen LogP contribution in [0.25, 0.3) is 0 Å². The van der Waals surface area contributed by atoms with Gasteiger partial charge in [0.2, 0.25) is 0 Å². The van der Waals surface area contributed by atoms with E-state index in [1.807, 2.05) is 4.72 Å². The van der Waals surface area contributed by atoms with Gasteiger partial charge in [-0.1, -0.05) is 0 Å². The van der Waals surface area contributed by atoms with Crippen molar-refractivity contribution in [3.63, 3.8) is 0 Å². The molecule has 118 valence electrons. The maximum atomic E-state index is 12.2. The van der Waals surface area contributed by atoms with Crippen molar-refractivity contribution in [3.8, 4) is 11.5 Å². The second kappa shape index (κ2) is 7.10. The van der Waals surface area contributed by atoms with Gasteiger partial charge >= 0.3 is 0 Å². The summed E-state index contributed by atoms with van der Waals surface area (Å²) in [6.07, 6.45) is -0.890. The predicted molar refractivity (Wildman–Crippen MR) is 79.0 cm³/mol. The summed E-state index contributed by atoms with van der Waals surface area (Å²) in [5.74, 6) is -0.174. The van der Waals surface area contributed by atoms with Crippen molar-refractivity contribution in [2.45, 2.75) is 17.9 Å². The van der Waals surface area contributed by atoms with Gasteiger partial charge in [-0.05, 0) is 28.9 Å². The Labute approximate surface area is 131 Å². The minimum absolute atomic E-state index is 0.142. The molecule has 0 radical (unpaired) electrons. The minimum atomic E-state index is -4.06. The van der Waals surface area contributed by atoms with Gasteiger partial charge in [0.25, 0.3) is 15.9 Å². The Morgan fingerprint density at radius 3 is 2.19 bits per heavy atom. The first-order chi connectivity index (χ1) is 9.76. The molecule has 0 saturated heterocycles. The summed E-state index contributed by atoms with van der Waals surface area (Å²) >= 11 is 3.13. The molecule has 0 unspecified atom stereocenters. The van der Waals surface area contributed by atoms with Gasteiger partial charge in [0.15, 0.2) is 11.5 Å². The quantitative estimate of drug-likeness (QED) is 0.798. The molecule has 7 nitrogen and oxygen atoms in total. The van der Waals surface area contributed by atoms with E-state index in [0.29, 0.717) is 5.75 Å². The molecular formula is C12H16BrNO6S. The number of ether oxygens (including phenoxy) is 3. The third kappa shape index (κ3) is 4.08. The second-order valence-corrected chi connectivity index (χ2v) is 6.49. The lowest BCUT2D eigenvalue weighted by molar-refractivity contribution is -0.128. The SMILES string of the molecule is COc1cc(Br)c(S(=O)(=O)NC(=O)[C@H](C)OC)cc1OC. The van der Waals surface area contributed by atoms with Crippen LogP contribution in [0.15, 0.2) is 21.5 Å². The Morgan fingerprint density at radius 2 is 1.71 bits per heavy atom. The highest BCUT2D eigenvalue weighted by Gasteiger charge is 2.25. The van der Waals surface area contributed by atoms with Gasteiger partial charge in [-0.25, -0.2) is 13.1 Å². The number of nitrogens with one attached hydrogen (secondary N) is 1. The van der Waals surface area contributed by atoms with Crippen molar-refractivity contribution in [1.29, 1.82) is 0 Å². The van der Waals surface area contributed by atoms with Crippen LogP contribution >= 0.6 is 15.9 Å². The standard InChI is InChI=1S/C12H16BrNO6S/c1-7(18-2)12(15)14-21(16,17)11-6-10(20-4)9(19-3)5-8(11)13/h5-7H,1-4H3,(H,14,15)/t7-/m0/s1. The fourth-order valence-corrected chi connectivity index (χ4v) is 3.50. The van der Waals surface area contributed by atoms with Gasteiger partial charge in [0.05, 0.1) is 14.2 Å². The van der Waals surface area contributed by atoms with Gasteiger partial charge in [-0.3, -0.25) is 4.79 Å². The Kier molecular flexibility index (Phi) is 5.99. The lowest BCUT2D eigenvalue weighted by Gasteiger charge is -2.14. The summed E-state index contributed by atoms with van der Waals surface area (Å²) in [6.45, 7) is 1.44. The number of hydrogen-bond acceptors (Lipinski definition) is 6. The molecule has 0 bridgehead atoms. The summed E-state index contributed by atoms with van der Waals surface area (Å²) in [5.41, 5.74) is 0. The molecular weight excluding hydrogens is 366 g/mol. The molecule has 0 spiro atoms. The van der Waals surface area contributed by atoms with Crippen molar-refractivity contribution in [2.24, 2.45) is 0 Å². The molecule has 0 aromatic heterocycles. The van der Waals surface area contributed by atoms with Crippen LogP contribution in [-0.4, -0.2) is 41.8 Å². The van der Waals surface area contributed by atoms with Crippen LogP contribution in [0.4, 0.5) is 0 Å². The topological polar surface area (TPSA) is 90.9 Å². The third-order valence-electron chi connectivity index (χ3n) is 2.69. The molecule has 1 atom stereocenters. The molecule has 0 heterocycles. The van der Waals surface area contributed by atoms with E-state index < -0.39 is 22.0 Å². The van der Waals surface area contributed by atoms with Crippen molar-refractivity contribution < 1.29 is 27.4 Å². The van der Waals surface area contributed by atoms with Crippen molar-refractivity contribution >= 4 is 31.9 Å². The summed E-state index contributed by atoms with van der Waals surface area (Å²) < 4.78 is 41.5. The smallest absolute Gasteiger partial charge is 0.265 e. The number of halogens is 1. The average molecular weight is 382 g/mol. The Balaban J connectivity index is 3.23. The average Bonchev–Trinajstić information content (AvgIpc) is 2.44. The van der Waals surface area contributed by atoms with Gasteiger partial charge in [0, 0.05) is 17.6 Å². The number of carbonyl (C=O) groups excluding carboxylic acids is 1. The van der Waals surface area contributed by atoms with E-state index in [0.717, 1.165) is 0 Å². The number of amides is 1. The van der Waals surface area contributed by atoms with Crippen molar-refractivity contribution in [2.75, 3.05) is 21.3 Å². The molecule has 21 heavy (non-hydrogen) atoms. The Hall–Kier alpha value is -1.32. The Bertz CT molecular complexity index is 631. The van der Waals surface area contributed by atoms with Crippen LogP contribution in [0.5, 0.6) is 11.5 Å². The van der Waals surface area contributed by atoms with Crippen LogP contribution < -0.4 is 14.2 Å². The van der Waals surface area contributed by atoms with E-state index in [1.54, 1.807) is 0 Å². The van der Waals surface area contributed by atoms with E-state index in [4.69, 9.17) is 14.2 Å². The molecule has 0 aliphatic rings. The summed E-state index contributed by atoms with van der Waals surface area (Å²) in [6, 6.07) is 2.70. The number of carbonyl (C=O) groups is 1. The fraction of sp³-hybridized carbons (Fsp3) is 0.417. The first-order valence-corrected chi connectivity index (χ1v) is 8.05. The van der Waals surface area contributed by atoms with Crippen LogP contribution in [-0.2, 0) is 19.6 Å². The third-order valence-corrected chi connectivity index (χ3v) is 4.99.